The van der Waals surface area contributed by atoms with E-state index in [0.717, 1.165) is 34.7 Å². The summed E-state index contributed by atoms with van der Waals surface area (Å²) in [7, 11) is 0. The Hall–Kier alpha value is -3.54. The summed E-state index contributed by atoms with van der Waals surface area (Å²) in [6, 6.07) is 15.8. The van der Waals surface area contributed by atoms with Gasteiger partial charge in [-0.25, -0.2) is 14.4 Å². The standard InChI is InChI=1S/C21H15FN4O/c22-16-8-6-15(7-9-16)20-24-18(17-5-1-2-12-25(17)20)21(27)26-13-10-14-4-3-11-23-19(14)26/h1-9,11-12H,10,13H2/p+1. The van der Waals surface area contributed by atoms with Crippen molar-refractivity contribution in [2.45, 2.75) is 6.42 Å². The number of aromatic nitrogens is 3. The molecule has 0 aliphatic carbocycles. The largest absolute Gasteiger partial charge is 0.303 e. The Morgan fingerprint density at radius 2 is 1.96 bits per heavy atom. The molecule has 0 unspecified atom stereocenters. The predicted molar refractivity (Wildman–Crippen MR) is 99.0 cm³/mol. The molecule has 0 radical (unpaired) electrons. The van der Waals surface area contributed by atoms with Gasteiger partial charge in [0.05, 0.1) is 11.8 Å². The zero-order chi connectivity index (χ0) is 18.4. The van der Waals surface area contributed by atoms with Gasteiger partial charge in [0.15, 0.2) is 5.52 Å². The Morgan fingerprint density at radius 1 is 1.11 bits per heavy atom. The van der Waals surface area contributed by atoms with Crippen molar-refractivity contribution < 1.29 is 13.6 Å². The van der Waals surface area contributed by atoms with Gasteiger partial charge in [0.1, 0.15) is 11.6 Å². The van der Waals surface area contributed by atoms with Crippen LogP contribution in [-0.4, -0.2) is 22.4 Å². The van der Waals surface area contributed by atoms with Gasteiger partial charge < -0.3 is 0 Å². The molecule has 0 bridgehead atoms. The number of aromatic amines is 1. The van der Waals surface area contributed by atoms with E-state index in [1.807, 2.05) is 40.9 Å². The van der Waals surface area contributed by atoms with Crippen molar-refractivity contribution in [1.29, 1.82) is 0 Å². The maximum absolute atomic E-state index is 13.3. The summed E-state index contributed by atoms with van der Waals surface area (Å²) >= 11 is 0. The minimum absolute atomic E-state index is 0.121. The Balaban J connectivity index is 1.64. The third-order valence-electron chi connectivity index (χ3n) is 4.90. The van der Waals surface area contributed by atoms with Crippen LogP contribution >= 0.6 is 0 Å². The highest BCUT2D eigenvalue weighted by molar-refractivity contribution is 6.09. The first-order valence-electron chi connectivity index (χ1n) is 8.76. The van der Waals surface area contributed by atoms with Gasteiger partial charge in [-0.3, -0.25) is 9.69 Å². The van der Waals surface area contributed by atoms with Gasteiger partial charge in [0.25, 0.3) is 5.82 Å². The molecule has 4 aromatic rings. The molecule has 1 amide bonds. The average molecular weight is 359 g/mol. The van der Waals surface area contributed by atoms with Crippen molar-refractivity contribution in [3.63, 3.8) is 0 Å². The number of anilines is 1. The number of halogens is 1. The van der Waals surface area contributed by atoms with E-state index in [0.29, 0.717) is 12.2 Å². The molecule has 1 aliphatic rings. The molecule has 1 aromatic carbocycles. The highest BCUT2D eigenvalue weighted by Gasteiger charge is 2.33. The van der Waals surface area contributed by atoms with Gasteiger partial charge >= 0.3 is 5.91 Å². The molecule has 0 fully saturated rings. The second-order valence-corrected chi connectivity index (χ2v) is 6.50. The molecule has 0 saturated heterocycles. The van der Waals surface area contributed by atoms with E-state index in [9.17, 15) is 9.18 Å². The molecule has 0 atom stereocenters. The molecule has 132 valence electrons. The Morgan fingerprint density at radius 3 is 2.81 bits per heavy atom. The number of rotatable bonds is 2. The van der Waals surface area contributed by atoms with Gasteiger partial charge in [-0.1, -0.05) is 12.1 Å². The van der Waals surface area contributed by atoms with Gasteiger partial charge in [-0.05, 0) is 54.4 Å². The molecular formula is C21H16FN4O+. The molecule has 0 spiro atoms. The van der Waals surface area contributed by atoms with Crippen LogP contribution < -0.4 is 9.30 Å². The van der Waals surface area contributed by atoms with Crippen molar-refractivity contribution >= 4 is 17.2 Å². The average Bonchev–Trinajstić information content (AvgIpc) is 3.30. The second kappa shape index (κ2) is 6.02. The summed E-state index contributed by atoms with van der Waals surface area (Å²) in [5, 5.41) is 0. The number of carbonyl (C=O) groups excluding carboxylic acids is 1. The normalized spacial score (nSPS) is 13.1. The van der Waals surface area contributed by atoms with Crippen LogP contribution in [-0.2, 0) is 6.42 Å². The quantitative estimate of drug-likeness (QED) is 0.559. The number of carbonyl (C=O) groups is 1. The van der Waals surface area contributed by atoms with E-state index in [-0.39, 0.29) is 11.7 Å². The fraction of sp³-hybridized carbons (Fsp3) is 0.0952. The Bertz CT molecular complexity index is 1170. The number of hydrogen-bond donors (Lipinski definition) is 1. The van der Waals surface area contributed by atoms with E-state index < -0.39 is 0 Å². The molecule has 1 N–H and O–H groups in total. The highest BCUT2D eigenvalue weighted by Crippen LogP contribution is 2.27. The molecule has 6 heteroatoms. The van der Waals surface area contributed by atoms with Crippen LogP contribution in [0.15, 0.2) is 67.0 Å². The van der Waals surface area contributed by atoms with E-state index in [1.54, 1.807) is 23.2 Å². The summed E-state index contributed by atoms with van der Waals surface area (Å²) in [5.41, 5.74) is 3.14. The summed E-state index contributed by atoms with van der Waals surface area (Å²) in [6.45, 7) is 0.606. The molecule has 0 saturated carbocycles. The van der Waals surface area contributed by atoms with Crippen molar-refractivity contribution in [3.8, 4) is 11.4 Å². The number of amides is 1. The SMILES string of the molecule is O=C(c1[nH]c(-c2ccc(F)cc2)[n+]2ccccc12)N1CCc2cccnc21. The minimum Gasteiger partial charge on any atom is -0.289 e. The maximum Gasteiger partial charge on any atom is 0.303 e. The molecule has 3 aromatic heterocycles. The van der Waals surface area contributed by atoms with E-state index in [1.165, 1.54) is 12.1 Å². The van der Waals surface area contributed by atoms with E-state index >= 15 is 0 Å². The number of nitrogens with one attached hydrogen (secondary N) is 1. The first-order chi connectivity index (χ1) is 13.2. The zero-order valence-corrected chi connectivity index (χ0v) is 14.4. The predicted octanol–water partition coefficient (Wildman–Crippen LogP) is 3.16. The summed E-state index contributed by atoms with van der Waals surface area (Å²) < 4.78 is 15.2. The fourth-order valence-electron chi connectivity index (χ4n) is 3.61. The number of hydrogen-bond acceptors (Lipinski definition) is 2. The van der Waals surface area contributed by atoms with Crippen LogP contribution in [0.3, 0.4) is 0 Å². The second-order valence-electron chi connectivity index (χ2n) is 6.50. The van der Waals surface area contributed by atoms with Gasteiger partial charge in [-0.15, -0.1) is 0 Å². The van der Waals surface area contributed by atoms with Gasteiger partial charge in [0, 0.05) is 12.7 Å². The van der Waals surface area contributed by atoms with E-state index in [2.05, 4.69) is 9.97 Å². The van der Waals surface area contributed by atoms with Crippen LogP contribution in [0, 0.1) is 5.82 Å². The summed E-state index contributed by atoms with van der Waals surface area (Å²) in [4.78, 5) is 22.7. The zero-order valence-electron chi connectivity index (χ0n) is 14.4. The minimum atomic E-state index is -0.296. The van der Waals surface area contributed by atoms with Crippen LogP contribution in [0.1, 0.15) is 16.1 Å². The fourth-order valence-corrected chi connectivity index (χ4v) is 3.61. The maximum atomic E-state index is 13.3. The van der Waals surface area contributed by atoms with Crippen molar-refractivity contribution in [2.24, 2.45) is 0 Å². The number of imidazole rings is 1. The first kappa shape index (κ1) is 15.7. The topological polar surface area (TPSA) is 53.1 Å². The Kier molecular flexibility index (Phi) is 3.50. The molecular weight excluding hydrogens is 343 g/mol. The smallest absolute Gasteiger partial charge is 0.289 e. The summed E-state index contributed by atoms with van der Waals surface area (Å²) in [5.74, 6) is 1.03. The highest BCUT2D eigenvalue weighted by atomic mass is 19.1. The van der Waals surface area contributed by atoms with Crippen LogP contribution in [0.25, 0.3) is 16.9 Å². The lowest BCUT2D eigenvalue weighted by molar-refractivity contribution is -0.498. The molecule has 1 aliphatic heterocycles. The number of benzene rings is 1. The Labute approximate surface area is 154 Å². The van der Waals surface area contributed by atoms with Crippen molar-refractivity contribution in [2.75, 3.05) is 11.4 Å². The number of nitrogens with zero attached hydrogens (tertiary/aromatic N) is 3. The number of fused-ring (bicyclic) bond motifs is 2. The van der Waals surface area contributed by atoms with Crippen LogP contribution in [0.5, 0.6) is 0 Å². The van der Waals surface area contributed by atoms with Gasteiger partial charge in [0.2, 0.25) is 5.69 Å². The lowest BCUT2D eigenvalue weighted by Crippen LogP contribution is -2.30. The number of pyridine rings is 2. The summed E-state index contributed by atoms with van der Waals surface area (Å²) in [6.07, 6.45) is 4.39. The lowest BCUT2D eigenvalue weighted by atomic mass is 10.2. The van der Waals surface area contributed by atoms with Crippen molar-refractivity contribution in [3.05, 3.63) is 84.1 Å². The van der Waals surface area contributed by atoms with Crippen molar-refractivity contribution in [1.82, 2.24) is 9.97 Å². The molecule has 5 rings (SSSR count). The number of H-pyrrole nitrogens is 1. The molecule has 4 heterocycles. The van der Waals surface area contributed by atoms with Gasteiger partial charge in [-0.2, -0.15) is 4.40 Å². The third-order valence-corrected chi connectivity index (χ3v) is 4.90. The van der Waals surface area contributed by atoms with E-state index in [4.69, 9.17) is 0 Å². The van der Waals surface area contributed by atoms with Crippen LogP contribution in [0.4, 0.5) is 10.2 Å². The monoisotopic (exact) mass is 359 g/mol. The molecule has 27 heavy (non-hydrogen) atoms. The van der Waals surface area contributed by atoms with Crippen LogP contribution in [0.2, 0.25) is 0 Å². The first-order valence-corrected chi connectivity index (χ1v) is 8.76. The molecule has 5 nitrogen and oxygen atoms in total. The third kappa shape index (κ3) is 2.49. The lowest BCUT2D eigenvalue weighted by Gasteiger charge is -2.13.